The van der Waals surface area contributed by atoms with E-state index in [9.17, 15) is 22.6 Å². The Morgan fingerprint density at radius 1 is 0.458 bits per heavy atom. The van der Waals surface area contributed by atoms with Crippen LogP contribution in [-0.2, 0) is 19.6 Å². The summed E-state index contributed by atoms with van der Waals surface area (Å²) in [7, 11) is -4.83. The average molecular weight is 853 g/mol. The molecule has 0 atom stereocenters. The first kappa shape index (κ1) is 57.5. The minimum absolute atomic E-state index is 0. The van der Waals surface area contributed by atoms with Crippen LogP contribution in [0.3, 0.4) is 0 Å². The van der Waals surface area contributed by atoms with Gasteiger partial charge >= 0.3 is 41.5 Å². The fourth-order valence-electron chi connectivity index (χ4n) is 7.27. The van der Waals surface area contributed by atoms with E-state index in [4.69, 9.17) is 9.47 Å². The molecule has 59 heavy (non-hydrogen) atoms. The summed E-state index contributed by atoms with van der Waals surface area (Å²) in [4.78, 5) is 25.3. The van der Waals surface area contributed by atoms with Crippen molar-refractivity contribution in [2.24, 2.45) is 0 Å². The molecule has 0 saturated carbocycles. The predicted molar refractivity (Wildman–Crippen MR) is 242 cm³/mol. The molecule has 0 unspecified atom stereocenters. The minimum atomic E-state index is -4.83. The Hall–Kier alpha value is -1.45. The first-order valence-electron chi connectivity index (χ1n) is 24.0. The van der Waals surface area contributed by atoms with E-state index in [2.05, 4.69) is 38.2 Å². The maximum Gasteiger partial charge on any atom is 1.00 e. The molecule has 0 aliphatic carbocycles. The van der Waals surface area contributed by atoms with E-state index in [0.717, 1.165) is 56.7 Å². The third kappa shape index (κ3) is 34.8. The summed E-state index contributed by atoms with van der Waals surface area (Å²) in [5.41, 5.74) is -0.373. The Morgan fingerprint density at radius 2 is 0.746 bits per heavy atom. The topological polar surface area (TPSA) is 110 Å². The summed E-state index contributed by atoms with van der Waals surface area (Å²) in [6.07, 6.45) is 51.0. The molecule has 7 nitrogen and oxygen atoms in total. The summed E-state index contributed by atoms with van der Waals surface area (Å²) >= 11 is 0. The van der Waals surface area contributed by atoms with E-state index >= 15 is 0 Å². The van der Waals surface area contributed by atoms with Gasteiger partial charge in [0.05, 0.1) is 29.2 Å². The Balaban J connectivity index is 0.0000336. The van der Waals surface area contributed by atoms with E-state index < -0.39 is 27.0 Å². The van der Waals surface area contributed by atoms with Crippen molar-refractivity contribution in [1.82, 2.24) is 0 Å². The zero-order valence-corrected chi connectivity index (χ0v) is 41.1. The molecule has 0 saturated heterocycles. The molecule has 0 aromatic heterocycles. The van der Waals surface area contributed by atoms with Crippen LogP contribution < -0.4 is 29.6 Å². The van der Waals surface area contributed by atoms with E-state index in [-0.39, 0.29) is 53.9 Å². The van der Waals surface area contributed by atoms with Gasteiger partial charge in [0, 0.05) is 0 Å². The van der Waals surface area contributed by atoms with Gasteiger partial charge in [0.1, 0.15) is 10.1 Å². The summed E-state index contributed by atoms with van der Waals surface area (Å²) in [5.74, 6) is -1.59. The van der Waals surface area contributed by atoms with Crippen molar-refractivity contribution in [3.05, 3.63) is 53.6 Å². The van der Waals surface area contributed by atoms with Crippen LogP contribution in [0.2, 0.25) is 0 Å². The molecule has 334 valence electrons. The fraction of sp³-hybridized carbons (Fsp3) is 0.760. The maximum absolute atomic E-state index is 13.0. The zero-order valence-electron chi connectivity index (χ0n) is 38.3. The third-order valence-corrected chi connectivity index (χ3v) is 11.8. The van der Waals surface area contributed by atoms with Crippen LogP contribution in [0.15, 0.2) is 47.4 Å². The Kier molecular flexibility index (Phi) is 40.9. The smallest absolute Gasteiger partial charge is 0.744 e. The van der Waals surface area contributed by atoms with Gasteiger partial charge in [-0.2, -0.15) is 0 Å². The molecule has 0 radical (unpaired) electrons. The molecule has 1 aromatic rings. The average Bonchev–Trinajstić information content (AvgIpc) is 3.21. The number of carbonyl (C=O) groups is 2. The second-order valence-electron chi connectivity index (χ2n) is 16.4. The number of unbranched alkanes of at least 4 members (excludes halogenated alkanes) is 30. The predicted octanol–water partition coefficient (Wildman–Crippen LogP) is 12.3. The van der Waals surface area contributed by atoms with Gasteiger partial charge in [-0.15, -0.1) is 0 Å². The van der Waals surface area contributed by atoms with E-state index in [0.29, 0.717) is 12.8 Å². The normalized spacial score (nSPS) is 11.7. The van der Waals surface area contributed by atoms with Gasteiger partial charge in [0.25, 0.3) is 0 Å². The fourth-order valence-corrected chi connectivity index (χ4v) is 7.77. The van der Waals surface area contributed by atoms with Crippen molar-refractivity contribution < 1.29 is 61.6 Å². The third-order valence-electron chi connectivity index (χ3n) is 11.0. The van der Waals surface area contributed by atoms with Gasteiger partial charge in [0.15, 0.2) is 0 Å². The number of carbonyl (C=O) groups excluding carboxylic acids is 2. The summed E-state index contributed by atoms with van der Waals surface area (Å²) in [6, 6.07) is 3.11. The van der Waals surface area contributed by atoms with Gasteiger partial charge < -0.3 is 14.0 Å². The maximum atomic E-state index is 13.0. The number of ether oxygens (including phenoxy) is 2. The second-order valence-corrected chi connectivity index (χ2v) is 17.8. The van der Waals surface area contributed by atoms with Crippen molar-refractivity contribution in [1.29, 1.82) is 0 Å². The Bertz CT molecular complexity index is 1310. The number of benzene rings is 1. The van der Waals surface area contributed by atoms with E-state index in [1.807, 2.05) is 0 Å². The molecule has 0 heterocycles. The molecule has 9 heteroatoms. The Morgan fingerprint density at radius 3 is 1.07 bits per heavy atom. The SMILES string of the molecule is CCCCCCCCCCCCCCC/C=C/CCCCOC(=O)c1ccc(S(=O)(=O)[O-])cc1C(=O)OCCCC/C=C/CCCCCCCCCCCCCCC.[Na+]. The standard InChI is InChI=1S/C50H86O7S.Na/c1-3-5-7-9-11-13-15-17-19-21-23-25-27-29-31-33-35-37-39-43-56-49(51)47-42-41-46(58(53,54)55)45-48(47)50(52)57-44-40-38-36-34-32-30-28-26-24-22-20-18-16-14-12-10-8-6-4-2;/h31-34,41-42,45H,3-30,35-40,43-44H2,1-2H3,(H,53,54,55);/q;+1/p-1/b33-31+,34-32+;. The first-order chi connectivity index (χ1) is 28.3. The number of rotatable bonds is 41. The van der Waals surface area contributed by atoms with Crippen LogP contribution in [0, 0.1) is 0 Å². The van der Waals surface area contributed by atoms with Crippen molar-refractivity contribution in [2.75, 3.05) is 13.2 Å². The molecular weight excluding hydrogens is 768 g/mol. The van der Waals surface area contributed by atoms with Crippen LogP contribution in [0.4, 0.5) is 0 Å². The van der Waals surface area contributed by atoms with E-state index in [1.54, 1.807) is 0 Å². The van der Waals surface area contributed by atoms with Gasteiger partial charge in [-0.05, 0) is 82.4 Å². The molecule has 1 aromatic carbocycles. The second kappa shape index (κ2) is 41.9. The summed E-state index contributed by atoms with van der Waals surface area (Å²) in [5, 5.41) is 0. The molecule has 0 spiro atoms. The summed E-state index contributed by atoms with van der Waals surface area (Å²) < 4.78 is 45.8. The number of esters is 2. The molecule has 0 bridgehead atoms. The monoisotopic (exact) mass is 853 g/mol. The van der Waals surface area contributed by atoms with Crippen LogP contribution in [0.1, 0.15) is 253 Å². The number of allylic oxidation sites excluding steroid dienone is 4. The van der Waals surface area contributed by atoms with E-state index in [1.165, 1.54) is 167 Å². The van der Waals surface area contributed by atoms with Crippen LogP contribution >= 0.6 is 0 Å². The van der Waals surface area contributed by atoms with Gasteiger partial charge in [-0.3, -0.25) is 0 Å². The largest absolute Gasteiger partial charge is 1.00 e. The van der Waals surface area contributed by atoms with Gasteiger partial charge in [-0.1, -0.05) is 192 Å². The first-order valence-corrected chi connectivity index (χ1v) is 25.5. The molecular formula is C50H85NaO7S. The zero-order chi connectivity index (χ0) is 42.2. The molecule has 0 amide bonds. The molecule has 0 fully saturated rings. The van der Waals surface area contributed by atoms with Crippen molar-refractivity contribution in [3.8, 4) is 0 Å². The summed E-state index contributed by atoms with van der Waals surface area (Å²) in [6.45, 7) is 4.84. The molecule has 0 aliphatic heterocycles. The van der Waals surface area contributed by atoms with Gasteiger partial charge in [-0.25, -0.2) is 18.0 Å². The van der Waals surface area contributed by atoms with Crippen molar-refractivity contribution in [3.63, 3.8) is 0 Å². The molecule has 0 aliphatic rings. The van der Waals surface area contributed by atoms with Crippen molar-refractivity contribution in [2.45, 2.75) is 237 Å². The Labute approximate surface area is 385 Å². The van der Waals surface area contributed by atoms with Gasteiger partial charge in [0.2, 0.25) is 0 Å². The van der Waals surface area contributed by atoms with Crippen LogP contribution in [0.5, 0.6) is 0 Å². The molecule has 0 N–H and O–H groups in total. The quantitative estimate of drug-likeness (QED) is 0.0212. The van der Waals surface area contributed by atoms with Crippen LogP contribution in [-0.4, -0.2) is 38.1 Å². The number of hydrogen-bond acceptors (Lipinski definition) is 7. The van der Waals surface area contributed by atoms with Crippen molar-refractivity contribution >= 4 is 22.1 Å². The molecule has 1 rings (SSSR count). The van der Waals surface area contributed by atoms with Crippen LogP contribution in [0.25, 0.3) is 0 Å². The number of hydrogen-bond donors (Lipinski definition) is 0. The minimum Gasteiger partial charge on any atom is -0.744 e.